The van der Waals surface area contributed by atoms with Crippen molar-refractivity contribution in [2.45, 2.75) is 31.5 Å². The highest BCUT2D eigenvalue weighted by molar-refractivity contribution is 5.87. The molecule has 1 aromatic rings. The number of ether oxygens (including phenoxy) is 1. The van der Waals surface area contributed by atoms with Crippen LogP contribution in [-0.4, -0.2) is 28.5 Å². The molecular weight excluding hydrogens is 237 g/mol. The number of nitrogens with zero attached hydrogens (tertiary/aromatic N) is 2. The zero-order chi connectivity index (χ0) is 12.7. The Morgan fingerprint density at radius 2 is 2.24 bits per heavy atom. The van der Waals surface area contributed by atoms with Gasteiger partial charge in [0.25, 0.3) is 0 Å². The molecule has 0 bridgehead atoms. The highest BCUT2D eigenvalue weighted by Gasteiger charge is 2.66. The van der Waals surface area contributed by atoms with Crippen LogP contribution in [0, 0.1) is 0 Å². The van der Waals surface area contributed by atoms with Crippen LogP contribution in [0.2, 0.25) is 0 Å². The molecular formula is C10H11F3N2O2. The zero-order valence-corrected chi connectivity index (χ0v) is 9.12. The summed E-state index contributed by atoms with van der Waals surface area (Å²) in [6, 6.07) is 1.24. The minimum atomic E-state index is -4.40. The number of aromatic nitrogens is 2. The largest absolute Gasteiger partial charge is 0.461 e. The lowest BCUT2D eigenvalue weighted by Crippen LogP contribution is -2.37. The molecule has 0 spiro atoms. The van der Waals surface area contributed by atoms with E-state index in [1.807, 2.05) is 0 Å². The molecule has 17 heavy (non-hydrogen) atoms. The van der Waals surface area contributed by atoms with Gasteiger partial charge in [-0.3, -0.25) is 0 Å². The fourth-order valence-corrected chi connectivity index (χ4v) is 1.74. The van der Waals surface area contributed by atoms with E-state index in [1.165, 1.54) is 12.3 Å². The fraction of sp³-hybridized carbons (Fsp3) is 0.600. The maximum atomic E-state index is 12.9. The van der Waals surface area contributed by atoms with Gasteiger partial charge in [0, 0.05) is 6.20 Å². The lowest BCUT2D eigenvalue weighted by molar-refractivity contribution is -0.182. The van der Waals surface area contributed by atoms with Crippen LogP contribution < -0.4 is 0 Å². The molecule has 1 fully saturated rings. The second-order valence-corrected chi connectivity index (χ2v) is 3.88. The predicted octanol–water partition coefficient (Wildman–Crippen LogP) is 2.11. The van der Waals surface area contributed by atoms with Crippen LogP contribution in [0.5, 0.6) is 0 Å². The van der Waals surface area contributed by atoms with Crippen molar-refractivity contribution in [3.05, 3.63) is 18.0 Å². The quantitative estimate of drug-likeness (QED) is 0.769. The predicted molar refractivity (Wildman–Crippen MR) is 51.4 cm³/mol. The number of carbonyl (C=O) groups is 1. The molecule has 0 radical (unpaired) electrons. The van der Waals surface area contributed by atoms with Gasteiger partial charge in [-0.25, -0.2) is 9.48 Å². The third-order valence-corrected chi connectivity index (χ3v) is 2.78. The Morgan fingerprint density at radius 1 is 1.59 bits per heavy atom. The summed E-state index contributed by atoms with van der Waals surface area (Å²) in [7, 11) is 0. The van der Waals surface area contributed by atoms with E-state index in [4.69, 9.17) is 4.74 Å². The van der Waals surface area contributed by atoms with Gasteiger partial charge in [0.05, 0.1) is 6.61 Å². The van der Waals surface area contributed by atoms with Crippen molar-refractivity contribution < 1.29 is 22.7 Å². The Kier molecular flexibility index (Phi) is 2.63. The van der Waals surface area contributed by atoms with Crippen LogP contribution in [0.4, 0.5) is 13.2 Å². The smallest absolute Gasteiger partial charge is 0.413 e. The standard InChI is InChI=1S/C10H11F3N2O2/c1-2-17-8(16)7-3-6-14-15(7)9(4-5-9)10(11,12)13/h3,6H,2,4-5H2,1H3. The van der Waals surface area contributed by atoms with E-state index in [1.54, 1.807) is 6.92 Å². The highest BCUT2D eigenvalue weighted by atomic mass is 19.4. The molecule has 1 aromatic heterocycles. The van der Waals surface area contributed by atoms with Crippen LogP contribution in [-0.2, 0) is 10.3 Å². The first-order valence-corrected chi connectivity index (χ1v) is 5.21. The number of carbonyl (C=O) groups excluding carboxylic acids is 1. The lowest BCUT2D eigenvalue weighted by Gasteiger charge is -2.21. The summed E-state index contributed by atoms with van der Waals surface area (Å²) in [5.41, 5.74) is -2.17. The molecule has 2 rings (SSSR count). The molecule has 1 saturated carbocycles. The van der Waals surface area contributed by atoms with Gasteiger partial charge in [-0.05, 0) is 25.8 Å². The van der Waals surface area contributed by atoms with E-state index in [0.717, 1.165) is 4.68 Å². The second kappa shape index (κ2) is 3.75. The summed E-state index contributed by atoms with van der Waals surface area (Å²) in [6.45, 7) is 1.71. The Bertz CT molecular complexity index is 435. The molecule has 1 aliphatic carbocycles. The van der Waals surface area contributed by atoms with E-state index in [-0.39, 0.29) is 25.1 Å². The lowest BCUT2D eigenvalue weighted by atomic mass is 10.2. The second-order valence-electron chi connectivity index (χ2n) is 3.88. The molecule has 0 aromatic carbocycles. The van der Waals surface area contributed by atoms with E-state index in [0.29, 0.717) is 0 Å². The van der Waals surface area contributed by atoms with Crippen LogP contribution >= 0.6 is 0 Å². The summed E-state index contributed by atoms with van der Waals surface area (Å²) < 4.78 is 44.1. The van der Waals surface area contributed by atoms with Crippen LogP contribution in [0.15, 0.2) is 12.3 Å². The van der Waals surface area contributed by atoms with Crippen LogP contribution in [0.25, 0.3) is 0 Å². The average molecular weight is 248 g/mol. The minimum absolute atomic E-state index is 0.0510. The van der Waals surface area contributed by atoms with E-state index in [2.05, 4.69) is 5.10 Å². The molecule has 7 heteroatoms. The highest BCUT2D eigenvalue weighted by Crippen LogP contribution is 2.55. The van der Waals surface area contributed by atoms with Gasteiger partial charge in [-0.2, -0.15) is 18.3 Å². The first-order valence-electron chi connectivity index (χ1n) is 5.21. The van der Waals surface area contributed by atoms with Crippen LogP contribution in [0.1, 0.15) is 30.3 Å². The van der Waals surface area contributed by atoms with Gasteiger partial charge in [-0.1, -0.05) is 0 Å². The van der Waals surface area contributed by atoms with Crippen molar-refractivity contribution in [3.8, 4) is 0 Å². The van der Waals surface area contributed by atoms with Crippen molar-refractivity contribution in [2.24, 2.45) is 0 Å². The van der Waals surface area contributed by atoms with Crippen molar-refractivity contribution in [2.75, 3.05) is 6.61 Å². The van der Waals surface area contributed by atoms with Gasteiger partial charge < -0.3 is 4.74 Å². The van der Waals surface area contributed by atoms with Gasteiger partial charge >= 0.3 is 12.1 Å². The third kappa shape index (κ3) is 1.79. The SMILES string of the molecule is CCOC(=O)c1ccnn1C1(C(F)(F)F)CC1. The number of hydrogen-bond acceptors (Lipinski definition) is 3. The van der Waals surface area contributed by atoms with Crippen molar-refractivity contribution in [3.63, 3.8) is 0 Å². The molecule has 94 valence electrons. The Labute approximate surface area is 95.4 Å². The number of rotatable bonds is 3. The van der Waals surface area contributed by atoms with Crippen molar-refractivity contribution in [1.29, 1.82) is 0 Å². The topological polar surface area (TPSA) is 44.1 Å². The number of alkyl halides is 3. The Hall–Kier alpha value is -1.53. The van der Waals surface area contributed by atoms with Gasteiger partial charge in [0.1, 0.15) is 5.69 Å². The zero-order valence-electron chi connectivity index (χ0n) is 9.12. The molecule has 0 atom stereocenters. The van der Waals surface area contributed by atoms with Crippen molar-refractivity contribution in [1.82, 2.24) is 9.78 Å². The molecule has 0 aliphatic heterocycles. The molecule has 0 N–H and O–H groups in total. The van der Waals surface area contributed by atoms with Gasteiger partial charge in [-0.15, -0.1) is 0 Å². The minimum Gasteiger partial charge on any atom is -0.461 e. The third-order valence-electron chi connectivity index (χ3n) is 2.78. The fourth-order valence-electron chi connectivity index (χ4n) is 1.74. The normalized spacial score (nSPS) is 17.9. The van der Waals surface area contributed by atoms with Crippen molar-refractivity contribution >= 4 is 5.97 Å². The first-order chi connectivity index (χ1) is 7.92. The molecule has 4 nitrogen and oxygen atoms in total. The summed E-state index contributed by atoms with van der Waals surface area (Å²) in [4.78, 5) is 11.5. The molecule has 1 heterocycles. The molecule has 0 amide bonds. The van der Waals surface area contributed by atoms with E-state index < -0.39 is 17.7 Å². The maximum absolute atomic E-state index is 12.9. The maximum Gasteiger partial charge on any atom is 0.413 e. The van der Waals surface area contributed by atoms with E-state index in [9.17, 15) is 18.0 Å². The summed E-state index contributed by atoms with van der Waals surface area (Å²) >= 11 is 0. The number of hydrogen-bond donors (Lipinski definition) is 0. The first kappa shape index (κ1) is 11.9. The van der Waals surface area contributed by atoms with Gasteiger partial charge in [0.2, 0.25) is 0 Å². The Morgan fingerprint density at radius 3 is 2.71 bits per heavy atom. The Balaban J connectivity index is 2.35. The molecule has 0 saturated heterocycles. The summed E-state index contributed by atoms with van der Waals surface area (Å²) in [5.74, 6) is -0.777. The summed E-state index contributed by atoms with van der Waals surface area (Å²) in [5, 5.41) is 3.62. The monoisotopic (exact) mass is 248 g/mol. The van der Waals surface area contributed by atoms with E-state index >= 15 is 0 Å². The molecule has 0 unspecified atom stereocenters. The van der Waals surface area contributed by atoms with Crippen LogP contribution in [0.3, 0.4) is 0 Å². The van der Waals surface area contributed by atoms with Gasteiger partial charge in [0.15, 0.2) is 5.54 Å². The summed E-state index contributed by atoms with van der Waals surface area (Å²) in [6.07, 6.45) is -3.33. The number of halogens is 3. The average Bonchev–Trinajstić information content (AvgIpc) is 2.90. The number of esters is 1. The molecule has 1 aliphatic rings.